The van der Waals surface area contributed by atoms with E-state index < -0.39 is 0 Å². The van der Waals surface area contributed by atoms with E-state index in [1.807, 2.05) is 39.0 Å². The summed E-state index contributed by atoms with van der Waals surface area (Å²) >= 11 is 3.48. The van der Waals surface area contributed by atoms with Crippen LogP contribution in [0.15, 0.2) is 27.7 Å². The van der Waals surface area contributed by atoms with Gasteiger partial charge in [0.25, 0.3) is 0 Å². The number of rotatable bonds is 2. The van der Waals surface area contributed by atoms with E-state index in [1.165, 1.54) is 0 Å². The maximum absolute atomic E-state index is 5.40. The molecule has 0 spiro atoms. The van der Waals surface area contributed by atoms with Gasteiger partial charge in [0, 0.05) is 16.2 Å². The molecule has 0 aliphatic rings. The third-order valence-corrected chi connectivity index (χ3v) is 2.90. The highest BCUT2D eigenvalue weighted by Crippen LogP contribution is 2.23. The number of halogens is 1. The first-order valence-electron chi connectivity index (χ1n) is 5.11. The number of hydrogen-bond acceptors (Lipinski definition) is 2. The highest BCUT2D eigenvalue weighted by molar-refractivity contribution is 9.10. The van der Waals surface area contributed by atoms with Crippen molar-refractivity contribution in [3.63, 3.8) is 0 Å². The van der Waals surface area contributed by atoms with Gasteiger partial charge < -0.3 is 5.32 Å². The second-order valence-electron chi connectivity index (χ2n) is 3.75. The average molecular weight is 285 g/mol. The van der Waals surface area contributed by atoms with Gasteiger partial charge in [-0.1, -0.05) is 22.0 Å². The van der Waals surface area contributed by atoms with E-state index in [-0.39, 0.29) is 6.04 Å². The highest BCUT2D eigenvalue weighted by atomic mass is 79.9. The summed E-state index contributed by atoms with van der Waals surface area (Å²) in [5.74, 6) is 5.97. The van der Waals surface area contributed by atoms with Crippen molar-refractivity contribution in [3.05, 3.63) is 28.2 Å². The number of nitrogens with one attached hydrogen (secondary N) is 2. The van der Waals surface area contributed by atoms with Crippen LogP contribution in [0.3, 0.4) is 0 Å². The van der Waals surface area contributed by atoms with Gasteiger partial charge >= 0.3 is 0 Å². The molecule has 4 nitrogen and oxygen atoms in total. The Morgan fingerprint density at radius 3 is 2.69 bits per heavy atom. The summed E-state index contributed by atoms with van der Waals surface area (Å²) < 4.78 is 1.05. The van der Waals surface area contributed by atoms with Gasteiger partial charge in [-0.05, 0) is 38.5 Å². The molecule has 0 aliphatic heterocycles. The molecular weight excluding hydrogens is 268 g/mol. The van der Waals surface area contributed by atoms with Gasteiger partial charge in [0.15, 0.2) is 0 Å². The first-order chi connectivity index (χ1) is 7.54. The highest BCUT2D eigenvalue weighted by Gasteiger charge is 2.04. The zero-order valence-electron chi connectivity index (χ0n) is 9.71. The lowest BCUT2D eigenvalue weighted by Gasteiger charge is -2.13. The number of hydrogen-bond donors (Lipinski definition) is 3. The van der Waals surface area contributed by atoms with E-state index in [2.05, 4.69) is 31.7 Å². The Labute approximate surface area is 104 Å². The van der Waals surface area contributed by atoms with Crippen molar-refractivity contribution in [1.82, 2.24) is 5.43 Å². The molecule has 0 unspecified atom stereocenters. The Balaban J connectivity index is 2.91. The van der Waals surface area contributed by atoms with E-state index in [9.17, 15) is 0 Å². The maximum Gasteiger partial charge on any atom is 0.210 e. The zero-order valence-corrected chi connectivity index (χ0v) is 11.3. The fraction of sp³-hybridized carbons (Fsp3) is 0.364. The van der Waals surface area contributed by atoms with Gasteiger partial charge in [0.2, 0.25) is 5.96 Å². The minimum absolute atomic E-state index is 0.186. The van der Waals surface area contributed by atoms with Crippen LogP contribution in [0.2, 0.25) is 0 Å². The number of nitrogens with zero attached hydrogens (tertiary/aromatic N) is 1. The van der Waals surface area contributed by atoms with E-state index in [0.717, 1.165) is 15.7 Å². The number of anilines is 1. The summed E-state index contributed by atoms with van der Waals surface area (Å²) in [6.07, 6.45) is 0. The van der Waals surface area contributed by atoms with Crippen molar-refractivity contribution in [2.75, 3.05) is 5.32 Å². The Bertz CT molecular complexity index is 388. The van der Waals surface area contributed by atoms with Crippen LogP contribution in [0.1, 0.15) is 19.4 Å². The van der Waals surface area contributed by atoms with E-state index in [0.29, 0.717) is 5.96 Å². The van der Waals surface area contributed by atoms with Crippen LogP contribution < -0.4 is 16.6 Å². The molecule has 0 aromatic heterocycles. The molecule has 16 heavy (non-hydrogen) atoms. The quantitative estimate of drug-likeness (QED) is 0.338. The summed E-state index contributed by atoms with van der Waals surface area (Å²) in [6.45, 7) is 6.01. The average Bonchev–Trinajstić information content (AvgIpc) is 2.23. The number of aliphatic imine (C=N–C) groups is 1. The Kier molecular flexibility index (Phi) is 4.76. The molecule has 0 saturated carbocycles. The molecule has 0 amide bonds. The molecule has 0 heterocycles. The standard InChI is InChI=1S/C11H17BrN4/c1-7(2)14-11(16-13)15-10-6-4-5-9(12)8(10)3/h4-7H,13H2,1-3H3,(H2,14,15,16). The molecule has 0 fully saturated rings. The largest absolute Gasteiger partial charge is 0.325 e. The monoisotopic (exact) mass is 284 g/mol. The van der Waals surface area contributed by atoms with Crippen LogP contribution in [0.25, 0.3) is 0 Å². The molecule has 0 saturated heterocycles. The summed E-state index contributed by atoms with van der Waals surface area (Å²) in [6, 6.07) is 6.12. The third-order valence-electron chi connectivity index (χ3n) is 2.04. The normalized spacial score (nSPS) is 11.8. The van der Waals surface area contributed by atoms with Crippen molar-refractivity contribution >= 4 is 27.6 Å². The maximum atomic E-state index is 5.40. The molecule has 0 radical (unpaired) electrons. The van der Waals surface area contributed by atoms with Gasteiger partial charge in [0.05, 0.1) is 0 Å². The molecule has 4 N–H and O–H groups in total. The van der Waals surface area contributed by atoms with Gasteiger partial charge in [-0.3, -0.25) is 5.43 Å². The van der Waals surface area contributed by atoms with Crippen LogP contribution in [0.5, 0.6) is 0 Å². The molecule has 88 valence electrons. The lowest BCUT2D eigenvalue weighted by Crippen LogP contribution is -2.37. The van der Waals surface area contributed by atoms with Crippen molar-refractivity contribution in [1.29, 1.82) is 0 Å². The predicted octanol–water partition coefficient (Wildman–Crippen LogP) is 2.40. The van der Waals surface area contributed by atoms with Gasteiger partial charge in [0.1, 0.15) is 0 Å². The van der Waals surface area contributed by atoms with Crippen LogP contribution in [-0.4, -0.2) is 12.0 Å². The Morgan fingerprint density at radius 1 is 1.44 bits per heavy atom. The second-order valence-corrected chi connectivity index (χ2v) is 4.61. The van der Waals surface area contributed by atoms with Crippen LogP contribution in [0.4, 0.5) is 5.69 Å². The molecule has 0 bridgehead atoms. The Morgan fingerprint density at radius 2 is 2.12 bits per heavy atom. The second kappa shape index (κ2) is 5.86. The van der Waals surface area contributed by atoms with Crippen LogP contribution in [-0.2, 0) is 0 Å². The zero-order chi connectivity index (χ0) is 12.1. The van der Waals surface area contributed by atoms with Gasteiger partial charge in [-0.2, -0.15) is 0 Å². The molecule has 1 aromatic rings. The molecule has 1 aromatic carbocycles. The first kappa shape index (κ1) is 13.0. The van der Waals surface area contributed by atoms with Crippen LogP contribution in [0, 0.1) is 6.92 Å². The molecule has 1 rings (SSSR count). The van der Waals surface area contributed by atoms with Crippen molar-refractivity contribution < 1.29 is 0 Å². The molecular formula is C11H17BrN4. The van der Waals surface area contributed by atoms with E-state index in [1.54, 1.807) is 0 Å². The Hall–Kier alpha value is -1.07. The number of guanidine groups is 1. The SMILES string of the molecule is Cc1c(Br)cccc1NC(=NC(C)C)NN. The number of hydrazine groups is 1. The minimum atomic E-state index is 0.186. The van der Waals surface area contributed by atoms with Gasteiger partial charge in [-0.15, -0.1) is 0 Å². The van der Waals surface area contributed by atoms with Crippen LogP contribution >= 0.6 is 15.9 Å². The summed E-state index contributed by atoms with van der Waals surface area (Å²) in [4.78, 5) is 4.32. The van der Waals surface area contributed by atoms with Crippen molar-refractivity contribution in [2.45, 2.75) is 26.8 Å². The number of benzene rings is 1. The predicted molar refractivity (Wildman–Crippen MR) is 72.4 cm³/mol. The summed E-state index contributed by atoms with van der Waals surface area (Å²) in [7, 11) is 0. The fourth-order valence-corrected chi connectivity index (χ4v) is 1.60. The van der Waals surface area contributed by atoms with Crippen molar-refractivity contribution in [3.8, 4) is 0 Å². The molecule has 0 atom stereocenters. The molecule has 5 heteroatoms. The van der Waals surface area contributed by atoms with E-state index >= 15 is 0 Å². The smallest absolute Gasteiger partial charge is 0.210 e. The lowest BCUT2D eigenvalue weighted by atomic mass is 10.2. The lowest BCUT2D eigenvalue weighted by molar-refractivity contribution is 0.819. The summed E-state index contributed by atoms with van der Waals surface area (Å²) in [5.41, 5.74) is 4.65. The first-order valence-corrected chi connectivity index (χ1v) is 5.90. The topological polar surface area (TPSA) is 62.4 Å². The van der Waals surface area contributed by atoms with Gasteiger partial charge in [-0.25, -0.2) is 10.8 Å². The fourth-order valence-electron chi connectivity index (χ4n) is 1.23. The summed E-state index contributed by atoms with van der Waals surface area (Å²) in [5, 5.41) is 3.15. The van der Waals surface area contributed by atoms with E-state index in [4.69, 9.17) is 5.84 Å². The number of nitrogens with two attached hydrogens (primary N) is 1. The van der Waals surface area contributed by atoms with Crippen molar-refractivity contribution in [2.24, 2.45) is 10.8 Å². The third kappa shape index (κ3) is 3.50. The minimum Gasteiger partial charge on any atom is -0.325 e. The molecule has 0 aliphatic carbocycles.